The number of nitrogens with zero attached hydrogens (tertiary/aromatic N) is 2. The minimum absolute atomic E-state index is 0.0424. The number of oxime groups is 1. The number of aromatic hydroxyl groups is 1. The molecule has 3 N–H and O–H groups in total. The van der Waals surface area contributed by atoms with Crippen LogP contribution in [0.2, 0.25) is 0 Å². The third kappa shape index (κ3) is 7.90. The van der Waals surface area contributed by atoms with Gasteiger partial charge in [0.05, 0.1) is 12.7 Å². The summed E-state index contributed by atoms with van der Waals surface area (Å²) in [5.41, 5.74) is 2.91. The lowest BCUT2D eigenvalue weighted by atomic mass is 9.77. The van der Waals surface area contributed by atoms with Gasteiger partial charge in [-0.25, -0.2) is 14.6 Å². The Morgan fingerprint density at radius 1 is 0.804 bits per heavy atom. The van der Waals surface area contributed by atoms with Crippen molar-refractivity contribution in [3.8, 4) is 11.5 Å². The molecule has 0 aliphatic heterocycles. The quantitative estimate of drug-likeness (QED) is 0.0453. The molecule has 0 saturated heterocycles. The molecule has 0 atom stereocenters. The number of ether oxygens (including phenoxy) is 2. The Balaban J connectivity index is 1.18. The number of thiazole rings is 1. The number of aliphatic carboxylic acids is 1. The molecule has 0 unspecified atom stereocenters. The number of nitrogens with one attached hydrogen (secondary N) is 1. The van der Waals surface area contributed by atoms with Crippen LogP contribution in [0.1, 0.15) is 43.9 Å². The summed E-state index contributed by atoms with van der Waals surface area (Å²) in [6.45, 7) is -0.223. The summed E-state index contributed by atoms with van der Waals surface area (Å²) in [6, 6.07) is 41.2. The molecule has 1 heterocycles. The van der Waals surface area contributed by atoms with Crippen molar-refractivity contribution in [2.45, 2.75) is 18.8 Å². The third-order valence-corrected chi connectivity index (χ3v) is 8.85. The number of carbonyl (C=O) groups excluding carboxylic acids is 1. The summed E-state index contributed by atoms with van der Waals surface area (Å²) in [4.78, 5) is 34.9. The van der Waals surface area contributed by atoms with E-state index in [1.165, 1.54) is 29.5 Å². The van der Waals surface area contributed by atoms with E-state index >= 15 is 0 Å². The van der Waals surface area contributed by atoms with Crippen molar-refractivity contribution >= 4 is 34.1 Å². The molecule has 10 nitrogen and oxygen atoms in total. The number of phenols is 1. The molecule has 51 heavy (non-hydrogen) atoms. The van der Waals surface area contributed by atoms with Crippen LogP contribution in [0.5, 0.6) is 11.5 Å². The molecule has 1 aromatic heterocycles. The number of benzene rings is 5. The van der Waals surface area contributed by atoms with Gasteiger partial charge in [-0.3, -0.25) is 0 Å². The first-order valence-electron chi connectivity index (χ1n) is 15.8. The van der Waals surface area contributed by atoms with Gasteiger partial charge in [-0.2, -0.15) is 0 Å². The highest BCUT2D eigenvalue weighted by Gasteiger charge is 2.37. The number of aromatic nitrogens is 1. The fraction of sp³-hybridized carbons (Fsp3) is 0.100. The van der Waals surface area contributed by atoms with Crippen molar-refractivity contribution in [3.63, 3.8) is 0 Å². The number of esters is 1. The molecule has 6 rings (SSSR count). The van der Waals surface area contributed by atoms with Gasteiger partial charge in [0.2, 0.25) is 5.71 Å². The second kappa shape index (κ2) is 15.8. The maximum atomic E-state index is 12.6. The normalized spacial score (nSPS) is 11.4. The van der Waals surface area contributed by atoms with Crippen LogP contribution in [0, 0.1) is 0 Å². The van der Waals surface area contributed by atoms with Crippen LogP contribution in [-0.4, -0.2) is 40.0 Å². The number of methoxy groups -OCH3 is 1. The lowest BCUT2D eigenvalue weighted by Gasteiger charge is -2.36. The summed E-state index contributed by atoms with van der Waals surface area (Å²) in [7, 11) is 1.57. The van der Waals surface area contributed by atoms with Gasteiger partial charge >= 0.3 is 11.9 Å². The molecule has 0 amide bonds. The van der Waals surface area contributed by atoms with E-state index in [9.17, 15) is 19.8 Å². The van der Waals surface area contributed by atoms with E-state index in [0.717, 1.165) is 22.3 Å². The summed E-state index contributed by atoms with van der Waals surface area (Å²) in [5.74, 6) is -1.51. The summed E-state index contributed by atoms with van der Waals surface area (Å²) < 4.78 is 10.5. The number of rotatable bonds is 14. The molecule has 0 radical (unpaired) electrons. The van der Waals surface area contributed by atoms with Crippen LogP contribution in [0.15, 0.2) is 144 Å². The van der Waals surface area contributed by atoms with Gasteiger partial charge in [-0.1, -0.05) is 114 Å². The first-order chi connectivity index (χ1) is 24.9. The molecule has 11 heteroatoms. The number of hydrogen-bond donors (Lipinski definition) is 3. The van der Waals surface area contributed by atoms with E-state index in [1.807, 2.05) is 91.0 Å². The average Bonchev–Trinajstić information content (AvgIpc) is 3.64. The molecule has 6 aromatic rings. The third-order valence-electron chi connectivity index (χ3n) is 8.09. The van der Waals surface area contributed by atoms with E-state index < -0.39 is 23.2 Å². The fourth-order valence-corrected chi connectivity index (χ4v) is 6.26. The van der Waals surface area contributed by atoms with Crippen LogP contribution in [-0.2, 0) is 33.1 Å². The second-order valence-corrected chi connectivity index (χ2v) is 12.2. The molecule has 5 aromatic carbocycles. The highest BCUT2D eigenvalue weighted by atomic mass is 32.1. The molecule has 0 spiro atoms. The van der Waals surface area contributed by atoms with E-state index in [1.54, 1.807) is 36.8 Å². The Morgan fingerprint density at radius 3 is 1.92 bits per heavy atom. The van der Waals surface area contributed by atoms with Gasteiger partial charge in [0.25, 0.3) is 0 Å². The van der Waals surface area contributed by atoms with Gasteiger partial charge in [-0.05, 0) is 46.5 Å². The molecular formula is C40H33N3O7S. The van der Waals surface area contributed by atoms with Gasteiger partial charge in [0.15, 0.2) is 5.13 Å². The number of anilines is 1. The van der Waals surface area contributed by atoms with Crippen LogP contribution < -0.4 is 10.1 Å². The first-order valence-corrected chi connectivity index (χ1v) is 16.7. The SMILES string of the molecule is COc1ccc(COC(=O)c2ccc(CO/N=C(\C(=O)O)c3csc(NC(c4ccccc4)(c4ccccc4)c4ccccc4)n3)c(O)c2)cc1. The predicted molar refractivity (Wildman–Crippen MR) is 194 cm³/mol. The second-order valence-electron chi connectivity index (χ2n) is 11.3. The highest BCUT2D eigenvalue weighted by Crippen LogP contribution is 2.40. The minimum Gasteiger partial charge on any atom is -0.508 e. The number of carboxylic acid groups (broad SMARTS) is 1. The van der Waals surface area contributed by atoms with Crippen molar-refractivity contribution in [1.82, 2.24) is 4.98 Å². The van der Waals surface area contributed by atoms with Crippen LogP contribution in [0.25, 0.3) is 0 Å². The van der Waals surface area contributed by atoms with Crippen molar-refractivity contribution in [1.29, 1.82) is 0 Å². The van der Waals surface area contributed by atoms with Crippen LogP contribution in [0.3, 0.4) is 0 Å². The molecule has 256 valence electrons. The lowest BCUT2D eigenvalue weighted by Crippen LogP contribution is -2.38. The van der Waals surface area contributed by atoms with Gasteiger partial charge < -0.3 is 29.8 Å². The molecule has 0 saturated carbocycles. The largest absolute Gasteiger partial charge is 0.508 e. The smallest absolute Gasteiger partial charge is 0.360 e. The molecule has 0 fully saturated rings. The molecular weight excluding hydrogens is 667 g/mol. The zero-order valence-corrected chi connectivity index (χ0v) is 28.2. The summed E-state index contributed by atoms with van der Waals surface area (Å²) >= 11 is 1.24. The standard InChI is InChI=1S/C40H33N3O7S/c1-48-33-21-17-27(18-22-33)24-49-38(47)28-19-20-29(35(44)23-28)25-50-43-36(37(45)46)34-26-51-39(41-34)42-40(30-11-5-2-6-12-30,31-13-7-3-8-14-31)32-15-9-4-10-16-32/h2-23,26,44H,24-25H2,1H3,(H,41,42)(H,45,46)/b43-36-. The molecule has 0 aliphatic rings. The number of carboxylic acids is 1. The molecule has 0 bridgehead atoms. The van der Waals surface area contributed by atoms with Gasteiger partial charge in [-0.15, -0.1) is 11.3 Å². The maximum Gasteiger partial charge on any atom is 0.360 e. The van der Waals surface area contributed by atoms with E-state index in [2.05, 4.69) is 15.5 Å². The van der Waals surface area contributed by atoms with Crippen LogP contribution in [0.4, 0.5) is 5.13 Å². The van der Waals surface area contributed by atoms with E-state index in [4.69, 9.17) is 14.3 Å². The highest BCUT2D eigenvalue weighted by molar-refractivity contribution is 7.14. The maximum absolute atomic E-state index is 12.6. The lowest BCUT2D eigenvalue weighted by molar-refractivity contribution is -0.129. The van der Waals surface area contributed by atoms with Gasteiger partial charge in [0, 0.05) is 10.9 Å². The van der Waals surface area contributed by atoms with E-state index in [0.29, 0.717) is 10.9 Å². The fourth-order valence-electron chi connectivity index (χ4n) is 5.51. The Bertz CT molecular complexity index is 2020. The topological polar surface area (TPSA) is 140 Å². The number of phenolic OH excluding ortho intramolecular Hbond substituents is 1. The van der Waals surface area contributed by atoms with E-state index in [-0.39, 0.29) is 35.8 Å². The number of hydrogen-bond acceptors (Lipinski definition) is 10. The van der Waals surface area contributed by atoms with Crippen molar-refractivity contribution in [2.24, 2.45) is 5.16 Å². The summed E-state index contributed by atoms with van der Waals surface area (Å²) in [5, 5.41) is 30.2. The Hall–Kier alpha value is -6.46. The first kappa shape index (κ1) is 34.4. The zero-order chi connectivity index (χ0) is 35.6. The molecule has 0 aliphatic carbocycles. The zero-order valence-electron chi connectivity index (χ0n) is 27.4. The average molecular weight is 700 g/mol. The Kier molecular flexibility index (Phi) is 10.7. The predicted octanol–water partition coefficient (Wildman–Crippen LogP) is 7.62. The van der Waals surface area contributed by atoms with Crippen molar-refractivity contribution in [2.75, 3.05) is 12.4 Å². The number of carbonyl (C=O) groups is 2. The van der Waals surface area contributed by atoms with Crippen molar-refractivity contribution < 1.29 is 34.1 Å². The summed E-state index contributed by atoms with van der Waals surface area (Å²) in [6.07, 6.45) is 0. The van der Waals surface area contributed by atoms with Gasteiger partial charge in [0.1, 0.15) is 35.9 Å². The minimum atomic E-state index is -1.34. The van der Waals surface area contributed by atoms with Crippen LogP contribution >= 0.6 is 11.3 Å². The van der Waals surface area contributed by atoms with Crippen molar-refractivity contribution in [3.05, 3.63) is 178 Å². The Morgan fingerprint density at radius 2 is 1.39 bits per heavy atom. The monoisotopic (exact) mass is 699 g/mol. The Labute approximate surface area is 298 Å².